The van der Waals surface area contributed by atoms with Gasteiger partial charge in [0.1, 0.15) is 0 Å². The molecule has 0 aromatic carbocycles. The second-order valence-electron chi connectivity index (χ2n) is 5.79. The Bertz CT molecular complexity index is 234. The van der Waals surface area contributed by atoms with Crippen LogP contribution in [0.15, 0.2) is 0 Å². The van der Waals surface area contributed by atoms with Gasteiger partial charge in [-0.2, -0.15) is 0 Å². The molecule has 1 aliphatic carbocycles. The first kappa shape index (κ1) is 13.3. The second kappa shape index (κ2) is 6.17. The summed E-state index contributed by atoms with van der Waals surface area (Å²) in [6.45, 7) is 5.51. The molecule has 3 nitrogen and oxygen atoms in total. The highest BCUT2D eigenvalue weighted by molar-refractivity contribution is 4.90. The molecule has 1 saturated carbocycles. The minimum absolute atomic E-state index is 0.454. The Morgan fingerprint density at radius 1 is 1.29 bits per heavy atom. The van der Waals surface area contributed by atoms with Crippen LogP contribution in [-0.4, -0.2) is 43.8 Å². The molecule has 2 fully saturated rings. The lowest BCUT2D eigenvalue weighted by atomic mass is 9.76. The number of nitrogens with zero attached hydrogens (tertiary/aromatic N) is 1. The summed E-state index contributed by atoms with van der Waals surface area (Å²) < 4.78 is 5.48. The van der Waals surface area contributed by atoms with E-state index in [0.29, 0.717) is 12.0 Å². The van der Waals surface area contributed by atoms with Crippen molar-refractivity contribution in [1.29, 1.82) is 0 Å². The number of rotatable bonds is 4. The number of likely N-dealkylation sites (tertiary alicyclic amines) is 1. The van der Waals surface area contributed by atoms with Gasteiger partial charge in [-0.25, -0.2) is 0 Å². The maximum atomic E-state index is 5.96. The molecular formula is C14H28N2O. The van der Waals surface area contributed by atoms with Gasteiger partial charge in [0.15, 0.2) is 0 Å². The van der Waals surface area contributed by atoms with Crippen molar-refractivity contribution in [3.63, 3.8) is 0 Å². The molecule has 1 aliphatic heterocycles. The largest absolute Gasteiger partial charge is 0.380 e. The summed E-state index contributed by atoms with van der Waals surface area (Å²) in [5.41, 5.74) is 5.96. The number of methoxy groups -OCH3 is 1. The van der Waals surface area contributed by atoms with Crippen LogP contribution in [0.3, 0.4) is 0 Å². The Morgan fingerprint density at radius 3 is 2.71 bits per heavy atom. The lowest BCUT2D eigenvalue weighted by Gasteiger charge is -2.40. The fraction of sp³-hybridized carbons (Fsp3) is 1.00. The van der Waals surface area contributed by atoms with E-state index in [-0.39, 0.29) is 0 Å². The minimum Gasteiger partial charge on any atom is -0.380 e. The summed E-state index contributed by atoms with van der Waals surface area (Å²) in [6, 6.07) is 0.721. The molecule has 2 aliphatic rings. The van der Waals surface area contributed by atoms with Crippen LogP contribution in [0.5, 0.6) is 0 Å². The molecular weight excluding hydrogens is 212 g/mol. The second-order valence-corrected chi connectivity index (χ2v) is 5.79. The van der Waals surface area contributed by atoms with Crippen molar-refractivity contribution in [3.05, 3.63) is 0 Å². The third kappa shape index (κ3) is 3.01. The summed E-state index contributed by atoms with van der Waals surface area (Å²) in [6.07, 6.45) is 7.05. The third-order valence-electron chi connectivity index (χ3n) is 4.92. The average molecular weight is 240 g/mol. The summed E-state index contributed by atoms with van der Waals surface area (Å²) in [7, 11) is 1.84. The van der Waals surface area contributed by atoms with Crippen LogP contribution in [0.1, 0.15) is 39.0 Å². The number of ether oxygens (including phenoxy) is 1. The van der Waals surface area contributed by atoms with Gasteiger partial charge in [0.05, 0.1) is 6.10 Å². The third-order valence-corrected chi connectivity index (χ3v) is 4.92. The van der Waals surface area contributed by atoms with Crippen molar-refractivity contribution in [2.75, 3.05) is 26.7 Å². The molecule has 0 aromatic heterocycles. The molecule has 1 heterocycles. The predicted octanol–water partition coefficient (Wildman–Crippen LogP) is 1.86. The molecule has 0 amide bonds. The van der Waals surface area contributed by atoms with E-state index in [1.165, 1.54) is 38.6 Å². The highest BCUT2D eigenvalue weighted by atomic mass is 16.5. The molecule has 100 valence electrons. The average Bonchev–Trinajstić information content (AvgIpc) is 2.86. The van der Waals surface area contributed by atoms with E-state index >= 15 is 0 Å². The summed E-state index contributed by atoms with van der Waals surface area (Å²) >= 11 is 0. The predicted molar refractivity (Wildman–Crippen MR) is 71.0 cm³/mol. The van der Waals surface area contributed by atoms with E-state index in [0.717, 1.165) is 25.0 Å². The molecule has 0 radical (unpaired) electrons. The van der Waals surface area contributed by atoms with E-state index in [9.17, 15) is 0 Å². The first-order valence-corrected chi connectivity index (χ1v) is 7.25. The van der Waals surface area contributed by atoms with E-state index in [1.807, 2.05) is 7.11 Å². The molecule has 2 N–H and O–H groups in total. The van der Waals surface area contributed by atoms with Gasteiger partial charge >= 0.3 is 0 Å². The number of hydrogen-bond acceptors (Lipinski definition) is 3. The Balaban J connectivity index is 1.95. The molecule has 4 atom stereocenters. The number of nitrogens with two attached hydrogens (primary N) is 1. The first-order chi connectivity index (χ1) is 8.28. The van der Waals surface area contributed by atoms with E-state index < -0.39 is 0 Å². The normalized spacial score (nSPS) is 39.7. The van der Waals surface area contributed by atoms with Crippen molar-refractivity contribution in [2.24, 2.45) is 17.6 Å². The molecule has 0 spiro atoms. The minimum atomic E-state index is 0.454. The van der Waals surface area contributed by atoms with E-state index in [4.69, 9.17) is 10.5 Å². The zero-order chi connectivity index (χ0) is 12.3. The van der Waals surface area contributed by atoms with Crippen molar-refractivity contribution < 1.29 is 4.74 Å². The molecule has 3 heteroatoms. The SMILES string of the molecule is CCC1CCC(CN)C(N2CCC(OC)C2)C1. The Labute approximate surface area is 106 Å². The standard InChI is InChI=1S/C14H28N2O/c1-3-11-4-5-12(9-15)14(8-11)16-7-6-13(10-16)17-2/h11-14H,3-10,15H2,1-2H3. The van der Waals surface area contributed by atoms with Crippen LogP contribution in [0.2, 0.25) is 0 Å². The number of hydrogen-bond donors (Lipinski definition) is 1. The fourth-order valence-electron chi connectivity index (χ4n) is 3.63. The van der Waals surface area contributed by atoms with Crippen LogP contribution in [0, 0.1) is 11.8 Å². The maximum Gasteiger partial charge on any atom is 0.0710 e. The lowest BCUT2D eigenvalue weighted by molar-refractivity contribution is 0.0684. The highest BCUT2D eigenvalue weighted by Crippen LogP contribution is 2.35. The van der Waals surface area contributed by atoms with Crippen molar-refractivity contribution in [1.82, 2.24) is 4.90 Å². The van der Waals surface area contributed by atoms with Gasteiger partial charge in [-0.05, 0) is 37.6 Å². The lowest BCUT2D eigenvalue weighted by Crippen LogP contribution is -2.46. The topological polar surface area (TPSA) is 38.5 Å². The van der Waals surface area contributed by atoms with Gasteiger partial charge in [0, 0.05) is 26.2 Å². The summed E-state index contributed by atoms with van der Waals surface area (Å²) in [5.74, 6) is 1.64. The van der Waals surface area contributed by atoms with Gasteiger partial charge in [-0.15, -0.1) is 0 Å². The van der Waals surface area contributed by atoms with Crippen LogP contribution in [-0.2, 0) is 4.74 Å². The monoisotopic (exact) mass is 240 g/mol. The van der Waals surface area contributed by atoms with Crippen LogP contribution < -0.4 is 5.73 Å². The van der Waals surface area contributed by atoms with Crippen LogP contribution in [0.4, 0.5) is 0 Å². The zero-order valence-electron chi connectivity index (χ0n) is 11.4. The molecule has 17 heavy (non-hydrogen) atoms. The summed E-state index contributed by atoms with van der Waals surface area (Å²) in [5, 5.41) is 0. The van der Waals surface area contributed by atoms with Gasteiger partial charge in [-0.1, -0.05) is 19.8 Å². The molecule has 1 saturated heterocycles. The van der Waals surface area contributed by atoms with Crippen LogP contribution in [0.25, 0.3) is 0 Å². The van der Waals surface area contributed by atoms with Gasteiger partial charge < -0.3 is 10.5 Å². The summed E-state index contributed by atoms with van der Waals surface area (Å²) in [4.78, 5) is 2.65. The van der Waals surface area contributed by atoms with Gasteiger partial charge in [-0.3, -0.25) is 4.90 Å². The molecule has 2 rings (SSSR count). The van der Waals surface area contributed by atoms with Crippen molar-refractivity contribution in [3.8, 4) is 0 Å². The zero-order valence-corrected chi connectivity index (χ0v) is 11.4. The van der Waals surface area contributed by atoms with Crippen molar-refractivity contribution >= 4 is 0 Å². The highest BCUT2D eigenvalue weighted by Gasteiger charge is 2.36. The Kier molecular flexibility index (Phi) is 4.83. The maximum absolute atomic E-state index is 5.96. The van der Waals surface area contributed by atoms with Crippen molar-refractivity contribution in [2.45, 2.75) is 51.2 Å². The molecule has 4 unspecified atom stereocenters. The quantitative estimate of drug-likeness (QED) is 0.815. The Morgan fingerprint density at radius 2 is 2.12 bits per heavy atom. The van der Waals surface area contributed by atoms with Crippen LogP contribution >= 0.6 is 0 Å². The van der Waals surface area contributed by atoms with E-state index in [1.54, 1.807) is 0 Å². The van der Waals surface area contributed by atoms with E-state index in [2.05, 4.69) is 11.8 Å². The smallest absolute Gasteiger partial charge is 0.0710 e. The molecule has 0 aromatic rings. The van der Waals surface area contributed by atoms with Gasteiger partial charge in [0.25, 0.3) is 0 Å². The first-order valence-electron chi connectivity index (χ1n) is 7.25. The van der Waals surface area contributed by atoms with Gasteiger partial charge in [0.2, 0.25) is 0 Å². The fourth-order valence-corrected chi connectivity index (χ4v) is 3.63. The molecule has 0 bridgehead atoms. The Hall–Kier alpha value is -0.120.